The molecule has 2 heteroatoms. The van der Waals surface area contributed by atoms with Gasteiger partial charge in [0.2, 0.25) is 0 Å². The van der Waals surface area contributed by atoms with Gasteiger partial charge in [-0.15, -0.1) is 0 Å². The lowest BCUT2D eigenvalue weighted by Crippen LogP contribution is -2.34. The second kappa shape index (κ2) is 6.58. The molecule has 2 rings (SSSR count). The van der Waals surface area contributed by atoms with Crippen LogP contribution < -0.4 is 10.1 Å². The van der Waals surface area contributed by atoms with E-state index in [1.807, 2.05) is 0 Å². The Balaban J connectivity index is 2.06. The van der Waals surface area contributed by atoms with Crippen molar-refractivity contribution in [3.8, 4) is 5.75 Å². The molecule has 1 unspecified atom stereocenters. The third kappa shape index (κ3) is 3.97. The van der Waals surface area contributed by atoms with Crippen LogP contribution in [0.5, 0.6) is 5.75 Å². The Morgan fingerprint density at radius 2 is 1.79 bits per heavy atom. The van der Waals surface area contributed by atoms with E-state index in [0.29, 0.717) is 6.04 Å². The molecule has 2 aromatic rings. The van der Waals surface area contributed by atoms with Gasteiger partial charge in [0.05, 0.1) is 0 Å². The predicted octanol–water partition coefficient (Wildman–Crippen LogP) is 4.00. The van der Waals surface area contributed by atoms with Crippen LogP contribution in [0, 0.1) is 0 Å². The number of nitrogens with one attached hydrogen (secondary N) is 1. The SMILES string of the molecule is CCC(CNC(C)C)Oc1ccc2ccccc2c1. The Morgan fingerprint density at radius 1 is 1.05 bits per heavy atom. The third-order valence-corrected chi connectivity index (χ3v) is 3.23. The summed E-state index contributed by atoms with van der Waals surface area (Å²) in [6, 6.07) is 15.1. The van der Waals surface area contributed by atoms with Gasteiger partial charge in [0, 0.05) is 12.6 Å². The highest BCUT2D eigenvalue weighted by atomic mass is 16.5. The summed E-state index contributed by atoms with van der Waals surface area (Å²) >= 11 is 0. The Kier molecular flexibility index (Phi) is 4.80. The molecule has 1 N–H and O–H groups in total. The van der Waals surface area contributed by atoms with E-state index >= 15 is 0 Å². The summed E-state index contributed by atoms with van der Waals surface area (Å²) in [6.07, 6.45) is 1.23. The standard InChI is InChI=1S/C17H23NO/c1-4-16(12-18-13(2)3)19-17-10-9-14-7-5-6-8-15(14)11-17/h5-11,13,16,18H,4,12H2,1-3H3. The molecule has 0 radical (unpaired) electrons. The lowest BCUT2D eigenvalue weighted by molar-refractivity contribution is 0.190. The first kappa shape index (κ1) is 13.9. The number of ether oxygens (including phenoxy) is 1. The Bertz CT molecular complexity index is 521. The largest absolute Gasteiger partial charge is 0.489 e. The summed E-state index contributed by atoms with van der Waals surface area (Å²) in [6.45, 7) is 7.36. The summed E-state index contributed by atoms with van der Waals surface area (Å²) in [5, 5.41) is 5.91. The van der Waals surface area contributed by atoms with Crippen LogP contribution in [0.1, 0.15) is 27.2 Å². The van der Waals surface area contributed by atoms with Crippen LogP contribution in [0.3, 0.4) is 0 Å². The summed E-state index contributed by atoms with van der Waals surface area (Å²) in [5.74, 6) is 0.955. The fraction of sp³-hybridized carbons (Fsp3) is 0.412. The number of benzene rings is 2. The first-order valence-corrected chi connectivity index (χ1v) is 7.08. The van der Waals surface area contributed by atoms with E-state index < -0.39 is 0 Å². The van der Waals surface area contributed by atoms with E-state index in [1.54, 1.807) is 0 Å². The van der Waals surface area contributed by atoms with Crippen molar-refractivity contribution in [3.05, 3.63) is 42.5 Å². The molecule has 1 atom stereocenters. The van der Waals surface area contributed by atoms with Crippen LogP contribution >= 0.6 is 0 Å². The molecule has 0 saturated heterocycles. The van der Waals surface area contributed by atoms with Gasteiger partial charge in [-0.1, -0.05) is 51.1 Å². The van der Waals surface area contributed by atoms with E-state index in [-0.39, 0.29) is 6.10 Å². The fourth-order valence-electron chi connectivity index (χ4n) is 2.07. The smallest absolute Gasteiger partial charge is 0.120 e. The molecular formula is C17H23NO. The van der Waals surface area contributed by atoms with Gasteiger partial charge in [-0.05, 0) is 29.3 Å². The Hall–Kier alpha value is -1.54. The van der Waals surface area contributed by atoms with Gasteiger partial charge in [-0.3, -0.25) is 0 Å². The van der Waals surface area contributed by atoms with Crippen LogP contribution in [0.2, 0.25) is 0 Å². The summed E-state index contributed by atoms with van der Waals surface area (Å²) in [7, 11) is 0. The van der Waals surface area contributed by atoms with E-state index in [4.69, 9.17) is 4.74 Å². The number of hydrogen-bond acceptors (Lipinski definition) is 2. The minimum absolute atomic E-state index is 0.226. The van der Waals surface area contributed by atoms with Gasteiger partial charge >= 0.3 is 0 Å². The van der Waals surface area contributed by atoms with Gasteiger partial charge in [-0.2, -0.15) is 0 Å². The molecule has 0 amide bonds. The molecule has 0 fully saturated rings. The molecular weight excluding hydrogens is 234 g/mol. The first-order chi connectivity index (χ1) is 9.19. The lowest BCUT2D eigenvalue weighted by atomic mass is 10.1. The average Bonchev–Trinajstić information content (AvgIpc) is 2.43. The molecule has 0 heterocycles. The predicted molar refractivity (Wildman–Crippen MR) is 81.8 cm³/mol. The maximum Gasteiger partial charge on any atom is 0.120 e. The number of fused-ring (bicyclic) bond motifs is 1. The first-order valence-electron chi connectivity index (χ1n) is 7.08. The maximum atomic E-state index is 6.06. The maximum absolute atomic E-state index is 6.06. The molecule has 2 nitrogen and oxygen atoms in total. The molecule has 0 spiro atoms. The van der Waals surface area contributed by atoms with Crippen LogP contribution in [-0.2, 0) is 0 Å². The van der Waals surface area contributed by atoms with Gasteiger partial charge in [-0.25, -0.2) is 0 Å². The van der Waals surface area contributed by atoms with Crippen molar-refractivity contribution in [3.63, 3.8) is 0 Å². The topological polar surface area (TPSA) is 21.3 Å². The fourth-order valence-corrected chi connectivity index (χ4v) is 2.07. The zero-order valence-corrected chi connectivity index (χ0v) is 12.0. The van der Waals surface area contributed by atoms with Crippen LogP contribution in [-0.4, -0.2) is 18.7 Å². The third-order valence-electron chi connectivity index (χ3n) is 3.23. The van der Waals surface area contributed by atoms with Gasteiger partial charge in [0.15, 0.2) is 0 Å². The Morgan fingerprint density at radius 3 is 2.47 bits per heavy atom. The normalized spacial score (nSPS) is 12.8. The second-order valence-electron chi connectivity index (χ2n) is 5.22. The van der Waals surface area contributed by atoms with E-state index in [9.17, 15) is 0 Å². The monoisotopic (exact) mass is 257 g/mol. The van der Waals surface area contributed by atoms with Gasteiger partial charge in [0.25, 0.3) is 0 Å². The van der Waals surface area contributed by atoms with Gasteiger partial charge in [0.1, 0.15) is 11.9 Å². The van der Waals surface area contributed by atoms with Crippen LogP contribution in [0.4, 0.5) is 0 Å². The van der Waals surface area contributed by atoms with Crippen LogP contribution in [0.15, 0.2) is 42.5 Å². The molecule has 0 aliphatic rings. The van der Waals surface area contributed by atoms with E-state index in [0.717, 1.165) is 18.7 Å². The molecule has 2 aromatic carbocycles. The average molecular weight is 257 g/mol. The minimum Gasteiger partial charge on any atom is -0.489 e. The van der Waals surface area contributed by atoms with Crippen molar-refractivity contribution < 1.29 is 4.74 Å². The van der Waals surface area contributed by atoms with E-state index in [1.165, 1.54) is 10.8 Å². The Labute approximate surface area is 115 Å². The number of rotatable bonds is 6. The molecule has 0 saturated carbocycles. The van der Waals surface area contributed by atoms with Crippen LogP contribution in [0.25, 0.3) is 10.8 Å². The summed E-state index contributed by atoms with van der Waals surface area (Å²) in [4.78, 5) is 0. The van der Waals surface area contributed by atoms with Crippen molar-refractivity contribution in [1.82, 2.24) is 5.32 Å². The zero-order valence-electron chi connectivity index (χ0n) is 12.0. The highest BCUT2D eigenvalue weighted by molar-refractivity contribution is 5.83. The van der Waals surface area contributed by atoms with Crippen molar-refractivity contribution in [2.24, 2.45) is 0 Å². The van der Waals surface area contributed by atoms with E-state index in [2.05, 4.69) is 68.6 Å². The lowest BCUT2D eigenvalue weighted by Gasteiger charge is -2.20. The molecule has 0 aliphatic carbocycles. The molecule has 0 aromatic heterocycles. The van der Waals surface area contributed by atoms with Gasteiger partial charge < -0.3 is 10.1 Å². The van der Waals surface area contributed by atoms with Crippen molar-refractivity contribution in [1.29, 1.82) is 0 Å². The van der Waals surface area contributed by atoms with Crippen molar-refractivity contribution in [2.75, 3.05) is 6.54 Å². The summed E-state index contributed by atoms with van der Waals surface area (Å²) < 4.78 is 6.06. The molecule has 0 aliphatic heterocycles. The zero-order chi connectivity index (χ0) is 13.7. The minimum atomic E-state index is 0.226. The highest BCUT2D eigenvalue weighted by Crippen LogP contribution is 2.21. The number of hydrogen-bond donors (Lipinski definition) is 1. The quantitative estimate of drug-likeness (QED) is 0.844. The molecule has 102 valence electrons. The summed E-state index contributed by atoms with van der Waals surface area (Å²) in [5.41, 5.74) is 0. The molecule has 19 heavy (non-hydrogen) atoms. The second-order valence-corrected chi connectivity index (χ2v) is 5.22. The van der Waals surface area contributed by atoms with Crippen molar-refractivity contribution in [2.45, 2.75) is 39.3 Å². The highest BCUT2D eigenvalue weighted by Gasteiger charge is 2.08. The molecule has 0 bridgehead atoms. The van der Waals surface area contributed by atoms with Crippen molar-refractivity contribution >= 4 is 10.8 Å².